The first kappa shape index (κ1) is 14.8. The first-order chi connectivity index (χ1) is 9.88. The summed E-state index contributed by atoms with van der Waals surface area (Å²) in [5.74, 6) is 1.31. The predicted molar refractivity (Wildman–Crippen MR) is 78.7 cm³/mol. The maximum absolute atomic E-state index is 11.3. The van der Waals surface area contributed by atoms with Crippen LogP contribution in [0, 0.1) is 17.0 Å². The zero-order chi connectivity index (χ0) is 15.6. The van der Waals surface area contributed by atoms with E-state index in [2.05, 4.69) is 0 Å². The molecule has 0 aliphatic heterocycles. The highest BCUT2D eigenvalue weighted by Gasteiger charge is 2.19. The van der Waals surface area contributed by atoms with E-state index >= 15 is 0 Å². The van der Waals surface area contributed by atoms with E-state index < -0.39 is 4.92 Å². The van der Waals surface area contributed by atoms with E-state index in [0.717, 1.165) is 11.5 Å². The van der Waals surface area contributed by atoms with Crippen LogP contribution in [0.25, 0.3) is 0 Å². The Kier molecular flexibility index (Phi) is 4.07. The summed E-state index contributed by atoms with van der Waals surface area (Å²) in [6.07, 6.45) is 0. The molecule has 6 nitrogen and oxygen atoms in total. The number of nitrogens with zero attached hydrogens (tertiary/aromatic N) is 2. The van der Waals surface area contributed by atoms with Crippen molar-refractivity contribution in [1.29, 1.82) is 0 Å². The van der Waals surface area contributed by atoms with Gasteiger partial charge in [0.25, 0.3) is 5.69 Å². The van der Waals surface area contributed by atoms with Crippen molar-refractivity contribution >= 4 is 17.2 Å². The van der Waals surface area contributed by atoms with Crippen molar-refractivity contribution in [2.45, 2.75) is 20.4 Å². The minimum absolute atomic E-state index is 0.0894. The number of hydrogen-bond acceptors (Lipinski definition) is 5. The van der Waals surface area contributed by atoms with Crippen molar-refractivity contribution in [3.05, 3.63) is 57.5 Å². The Balaban J connectivity index is 2.33. The highest BCUT2D eigenvalue weighted by molar-refractivity contribution is 5.95. The second-order valence-electron chi connectivity index (χ2n) is 4.89. The molecule has 2 rings (SSSR count). The maximum atomic E-state index is 11.3. The fourth-order valence-corrected chi connectivity index (χ4v) is 2.10. The van der Waals surface area contributed by atoms with Crippen LogP contribution >= 0.6 is 0 Å². The van der Waals surface area contributed by atoms with E-state index in [4.69, 9.17) is 4.42 Å². The molecule has 0 spiro atoms. The molecule has 1 aromatic heterocycles. The van der Waals surface area contributed by atoms with Gasteiger partial charge < -0.3 is 9.32 Å². The topological polar surface area (TPSA) is 76.6 Å². The second-order valence-corrected chi connectivity index (χ2v) is 4.89. The summed E-state index contributed by atoms with van der Waals surface area (Å²) < 4.78 is 5.47. The minimum Gasteiger partial charge on any atom is -0.464 e. The van der Waals surface area contributed by atoms with Crippen molar-refractivity contribution in [2.75, 3.05) is 11.9 Å². The molecule has 2 aromatic rings. The smallest absolute Gasteiger partial charge is 0.293 e. The van der Waals surface area contributed by atoms with Crippen LogP contribution in [-0.4, -0.2) is 17.8 Å². The molecule has 1 heterocycles. The number of carbonyl (C=O) groups is 1. The van der Waals surface area contributed by atoms with Crippen LogP contribution in [0.4, 0.5) is 11.4 Å². The number of ketones is 1. The molecule has 0 N–H and O–H groups in total. The van der Waals surface area contributed by atoms with Crippen molar-refractivity contribution in [3.63, 3.8) is 0 Å². The molecule has 0 radical (unpaired) electrons. The standard InChI is InChI=1S/C15H16N2O4/c1-10-4-6-13(21-10)9-16(3)14-7-5-12(11(2)18)8-15(14)17(19)20/h4-8H,9H2,1-3H3. The van der Waals surface area contributed by atoms with Gasteiger partial charge in [0, 0.05) is 18.7 Å². The van der Waals surface area contributed by atoms with E-state index in [1.54, 1.807) is 24.1 Å². The monoisotopic (exact) mass is 288 g/mol. The fourth-order valence-electron chi connectivity index (χ4n) is 2.10. The maximum Gasteiger partial charge on any atom is 0.293 e. The molecule has 0 aliphatic carbocycles. The van der Waals surface area contributed by atoms with Crippen LogP contribution in [0.5, 0.6) is 0 Å². The summed E-state index contributed by atoms with van der Waals surface area (Å²) in [6.45, 7) is 3.63. The average Bonchev–Trinajstić information content (AvgIpc) is 2.83. The molecule has 0 bridgehead atoms. The normalized spacial score (nSPS) is 10.4. The molecule has 0 saturated heterocycles. The van der Waals surface area contributed by atoms with Gasteiger partial charge in [0.05, 0.1) is 11.5 Å². The van der Waals surface area contributed by atoms with E-state index in [1.165, 1.54) is 13.0 Å². The van der Waals surface area contributed by atoms with Crippen LogP contribution in [0.3, 0.4) is 0 Å². The van der Waals surface area contributed by atoms with Crippen LogP contribution in [-0.2, 0) is 6.54 Å². The van der Waals surface area contributed by atoms with Gasteiger partial charge in [-0.25, -0.2) is 0 Å². The third-order valence-corrected chi connectivity index (χ3v) is 3.18. The SMILES string of the molecule is CC(=O)c1ccc(N(C)Cc2ccc(C)o2)c([N+](=O)[O-])c1. The third kappa shape index (κ3) is 3.28. The molecule has 21 heavy (non-hydrogen) atoms. The Labute approximate surface area is 122 Å². The van der Waals surface area contributed by atoms with Crippen molar-refractivity contribution < 1.29 is 14.1 Å². The number of rotatable bonds is 5. The van der Waals surface area contributed by atoms with Crippen LogP contribution in [0.15, 0.2) is 34.7 Å². The summed E-state index contributed by atoms with van der Waals surface area (Å²) in [7, 11) is 1.74. The molecular weight excluding hydrogens is 272 g/mol. The number of nitro groups is 1. The van der Waals surface area contributed by atoms with Gasteiger partial charge in [0.15, 0.2) is 5.78 Å². The summed E-state index contributed by atoms with van der Waals surface area (Å²) in [5, 5.41) is 11.2. The lowest BCUT2D eigenvalue weighted by Crippen LogP contribution is -2.17. The highest BCUT2D eigenvalue weighted by atomic mass is 16.6. The number of carbonyl (C=O) groups excluding carboxylic acids is 1. The summed E-state index contributed by atoms with van der Waals surface area (Å²) in [5.41, 5.74) is 0.681. The molecule has 0 saturated carbocycles. The zero-order valence-electron chi connectivity index (χ0n) is 12.1. The molecule has 0 amide bonds. The number of hydrogen-bond donors (Lipinski definition) is 0. The Morgan fingerprint density at radius 1 is 1.33 bits per heavy atom. The lowest BCUT2D eigenvalue weighted by molar-refractivity contribution is -0.384. The lowest BCUT2D eigenvalue weighted by Gasteiger charge is -2.18. The van der Waals surface area contributed by atoms with E-state index in [0.29, 0.717) is 17.8 Å². The first-order valence-electron chi connectivity index (χ1n) is 6.44. The number of aryl methyl sites for hydroxylation is 1. The van der Waals surface area contributed by atoms with Crippen molar-refractivity contribution in [2.24, 2.45) is 0 Å². The van der Waals surface area contributed by atoms with Gasteiger partial charge in [0.1, 0.15) is 17.2 Å². The quantitative estimate of drug-likeness (QED) is 0.479. The van der Waals surface area contributed by atoms with Crippen LogP contribution < -0.4 is 4.90 Å². The number of furan rings is 1. The second kappa shape index (κ2) is 5.78. The number of nitro benzene ring substituents is 1. The van der Waals surface area contributed by atoms with Gasteiger partial charge in [0.2, 0.25) is 0 Å². The van der Waals surface area contributed by atoms with Crippen LogP contribution in [0.2, 0.25) is 0 Å². The molecule has 0 aliphatic rings. The van der Waals surface area contributed by atoms with Crippen molar-refractivity contribution in [1.82, 2.24) is 0 Å². The third-order valence-electron chi connectivity index (χ3n) is 3.18. The Bertz CT molecular complexity index is 691. The van der Waals surface area contributed by atoms with Gasteiger partial charge in [-0.1, -0.05) is 0 Å². The Hall–Kier alpha value is -2.63. The molecule has 0 unspecified atom stereocenters. The molecule has 110 valence electrons. The largest absolute Gasteiger partial charge is 0.464 e. The van der Waals surface area contributed by atoms with E-state index in [9.17, 15) is 14.9 Å². The fraction of sp³-hybridized carbons (Fsp3) is 0.267. The molecule has 1 aromatic carbocycles. The van der Waals surface area contributed by atoms with Gasteiger partial charge >= 0.3 is 0 Å². The van der Waals surface area contributed by atoms with Gasteiger partial charge in [-0.3, -0.25) is 14.9 Å². The number of benzene rings is 1. The molecular formula is C15H16N2O4. The highest BCUT2D eigenvalue weighted by Crippen LogP contribution is 2.29. The van der Waals surface area contributed by atoms with E-state index in [1.807, 2.05) is 19.1 Å². The average molecular weight is 288 g/mol. The predicted octanol–water partition coefficient (Wildman–Crippen LogP) is 3.34. The first-order valence-corrected chi connectivity index (χ1v) is 6.44. The van der Waals surface area contributed by atoms with Crippen molar-refractivity contribution in [3.8, 4) is 0 Å². The number of anilines is 1. The molecule has 6 heteroatoms. The zero-order valence-corrected chi connectivity index (χ0v) is 12.1. The summed E-state index contributed by atoms with van der Waals surface area (Å²) in [4.78, 5) is 23.8. The van der Waals surface area contributed by atoms with E-state index in [-0.39, 0.29) is 11.5 Å². The minimum atomic E-state index is -0.480. The molecule has 0 atom stereocenters. The summed E-state index contributed by atoms with van der Waals surface area (Å²) in [6, 6.07) is 8.17. The van der Waals surface area contributed by atoms with Gasteiger partial charge in [-0.05, 0) is 38.1 Å². The van der Waals surface area contributed by atoms with Gasteiger partial charge in [-0.15, -0.1) is 0 Å². The lowest BCUT2D eigenvalue weighted by atomic mass is 10.1. The number of Topliss-reactive ketones (excluding diaryl/α,β-unsaturated/α-hetero) is 1. The van der Waals surface area contributed by atoms with Gasteiger partial charge in [-0.2, -0.15) is 0 Å². The summed E-state index contributed by atoms with van der Waals surface area (Å²) >= 11 is 0. The molecule has 0 fully saturated rings. The Morgan fingerprint density at radius 2 is 2.05 bits per heavy atom. The Morgan fingerprint density at radius 3 is 2.57 bits per heavy atom. The van der Waals surface area contributed by atoms with Crippen LogP contribution in [0.1, 0.15) is 28.8 Å².